The predicted octanol–water partition coefficient (Wildman–Crippen LogP) is 6.82. The number of nitrogens with two attached hydrogens (primary N) is 1. The number of benzene rings is 3. The van der Waals surface area contributed by atoms with E-state index < -0.39 is 55.6 Å². The summed E-state index contributed by atoms with van der Waals surface area (Å²) in [5.41, 5.74) is 6.11. The van der Waals surface area contributed by atoms with Gasteiger partial charge in [0.25, 0.3) is 5.56 Å². The van der Waals surface area contributed by atoms with Gasteiger partial charge in [-0.3, -0.25) is 23.8 Å². The number of terminal acetylenes is 1. The number of ether oxygens (including phenoxy) is 7. The van der Waals surface area contributed by atoms with Crippen LogP contribution in [0.1, 0.15) is 70.9 Å². The van der Waals surface area contributed by atoms with Crippen LogP contribution in [0.2, 0.25) is 0 Å². The number of anilines is 1. The summed E-state index contributed by atoms with van der Waals surface area (Å²) in [5.74, 6) is 3.38. The van der Waals surface area contributed by atoms with Crippen LogP contribution in [0.3, 0.4) is 0 Å². The highest BCUT2D eigenvalue weighted by molar-refractivity contribution is 7.51. The van der Waals surface area contributed by atoms with Crippen LogP contribution < -0.4 is 20.8 Å². The number of rotatable bonds is 22. The normalized spacial score (nSPS) is 18.3. The first-order valence-electron chi connectivity index (χ1n) is 21.5. The smallest absolute Gasteiger partial charge is 0.314 e. The van der Waals surface area contributed by atoms with Gasteiger partial charge < -0.3 is 43.4 Å². The molecule has 3 heterocycles. The van der Waals surface area contributed by atoms with E-state index in [2.05, 4.69) is 53.2 Å². The molecule has 16 nitrogen and oxygen atoms in total. The van der Waals surface area contributed by atoms with Gasteiger partial charge in [-0.2, -0.15) is 4.98 Å². The molecule has 1 aliphatic heterocycles. The Bertz CT molecular complexity index is 2360. The summed E-state index contributed by atoms with van der Waals surface area (Å²) in [4.78, 5) is 38.4. The highest BCUT2D eigenvalue weighted by Crippen LogP contribution is 2.51. The lowest BCUT2D eigenvalue weighted by molar-refractivity contribution is -0.152. The highest BCUT2D eigenvalue weighted by atomic mass is 31.2. The van der Waals surface area contributed by atoms with Crippen LogP contribution in [0, 0.1) is 12.3 Å². The molecule has 5 aromatic rings. The molecular weight excluding hydrogens is 852 g/mol. The maximum atomic E-state index is 14.0. The molecule has 0 spiro atoms. The summed E-state index contributed by atoms with van der Waals surface area (Å²) in [6.45, 7) is 12.1. The van der Waals surface area contributed by atoms with E-state index >= 15 is 0 Å². The van der Waals surface area contributed by atoms with Crippen molar-refractivity contribution in [2.24, 2.45) is 0 Å². The van der Waals surface area contributed by atoms with Crippen LogP contribution >= 0.6 is 8.30 Å². The van der Waals surface area contributed by atoms with E-state index in [1.54, 1.807) is 39.7 Å². The van der Waals surface area contributed by atoms with Gasteiger partial charge in [-0.05, 0) is 82.5 Å². The molecule has 0 saturated carbocycles. The number of imidazole rings is 1. The molecule has 5 atom stereocenters. The van der Waals surface area contributed by atoms with Gasteiger partial charge in [0.2, 0.25) is 5.95 Å². The lowest BCUT2D eigenvalue weighted by Crippen LogP contribution is -2.43. The number of hydrogen-bond donors (Lipinski definition) is 2. The Morgan fingerprint density at radius 1 is 0.923 bits per heavy atom. The number of carbonyl (C=O) groups is 1. The predicted molar refractivity (Wildman–Crippen MR) is 249 cm³/mol. The molecule has 0 amide bonds. The van der Waals surface area contributed by atoms with E-state index in [-0.39, 0.29) is 61.6 Å². The fourth-order valence-corrected chi connectivity index (χ4v) is 10.4. The summed E-state index contributed by atoms with van der Waals surface area (Å²) in [5, 5.41) is 0. The second-order valence-corrected chi connectivity index (χ2v) is 18.4. The van der Waals surface area contributed by atoms with E-state index in [1.165, 1.54) is 6.33 Å². The number of fused-ring (bicyclic) bond motifs is 1. The zero-order valence-corrected chi connectivity index (χ0v) is 39.5. The zero-order valence-electron chi connectivity index (χ0n) is 38.6. The lowest BCUT2D eigenvalue weighted by Gasteiger charge is -2.40. The van der Waals surface area contributed by atoms with E-state index in [4.69, 9.17) is 49.8 Å². The Balaban J connectivity index is 1.53. The number of nitrogen functional groups attached to an aromatic ring is 1. The van der Waals surface area contributed by atoms with Crippen LogP contribution in [0.15, 0.2) is 90.0 Å². The van der Waals surface area contributed by atoms with Crippen molar-refractivity contribution in [2.45, 2.75) is 95.8 Å². The third kappa shape index (κ3) is 11.2. The SMILES string of the molecule is C#CCC(C)(C)OC(=O)CP(OC1[C@@H](COC(c2ccccc2)(c2ccc(OC)cc2)c2ccc(OC)cc2)O[C@@H](n2cnc3c(=O)[nH]c(N)nc32)[C@H]1OCCOC)N(C(C)C)C(C)C. The Morgan fingerprint density at radius 2 is 1.52 bits per heavy atom. The summed E-state index contributed by atoms with van der Waals surface area (Å²) in [7, 11) is 3.04. The van der Waals surface area contributed by atoms with Gasteiger partial charge in [0.05, 0.1) is 40.4 Å². The minimum Gasteiger partial charge on any atom is -0.497 e. The van der Waals surface area contributed by atoms with Crippen molar-refractivity contribution < 1.29 is 42.5 Å². The summed E-state index contributed by atoms with van der Waals surface area (Å²) < 4.78 is 54.9. The maximum absolute atomic E-state index is 14.0. The Hall–Kier alpha value is -5.37. The lowest BCUT2D eigenvalue weighted by atomic mass is 9.80. The molecule has 0 radical (unpaired) electrons. The molecule has 3 aromatic carbocycles. The number of aromatic amines is 1. The van der Waals surface area contributed by atoms with Crippen LogP contribution in [0.25, 0.3) is 11.2 Å². The number of nitrogens with zero attached hydrogens (tertiary/aromatic N) is 4. The second kappa shape index (κ2) is 21.7. The zero-order chi connectivity index (χ0) is 46.9. The van der Waals surface area contributed by atoms with Gasteiger partial charge in [0.1, 0.15) is 55.5 Å². The van der Waals surface area contributed by atoms with Gasteiger partial charge in [0.15, 0.2) is 17.4 Å². The Labute approximate surface area is 381 Å². The molecule has 2 unspecified atom stereocenters. The first kappa shape index (κ1) is 49.1. The van der Waals surface area contributed by atoms with Crippen molar-refractivity contribution in [3.8, 4) is 23.8 Å². The molecular formula is C48H61N6O10P. The van der Waals surface area contributed by atoms with Crippen molar-refractivity contribution in [1.82, 2.24) is 24.2 Å². The third-order valence-corrected chi connectivity index (χ3v) is 13.4. The summed E-state index contributed by atoms with van der Waals surface area (Å²) in [6, 6.07) is 25.2. The van der Waals surface area contributed by atoms with Gasteiger partial charge in [-0.1, -0.05) is 54.6 Å². The molecule has 17 heteroatoms. The first-order valence-corrected chi connectivity index (χ1v) is 22.9. The number of hydrogen-bond acceptors (Lipinski definition) is 14. The van der Waals surface area contributed by atoms with Crippen LogP contribution in [-0.4, -0.2) is 113 Å². The molecule has 1 aliphatic rings. The summed E-state index contributed by atoms with van der Waals surface area (Å²) in [6.07, 6.45) is 3.57. The number of aromatic nitrogens is 4. The molecule has 0 bridgehead atoms. The van der Waals surface area contributed by atoms with Gasteiger partial charge in [-0.15, -0.1) is 12.3 Å². The first-order chi connectivity index (χ1) is 31.2. The molecule has 0 aliphatic carbocycles. The highest BCUT2D eigenvalue weighted by Gasteiger charge is 2.52. The van der Waals surface area contributed by atoms with Crippen molar-refractivity contribution in [3.05, 3.63) is 112 Å². The number of H-pyrrole nitrogens is 1. The number of nitrogens with one attached hydrogen (secondary N) is 1. The largest absolute Gasteiger partial charge is 0.497 e. The molecule has 2 aromatic heterocycles. The molecule has 65 heavy (non-hydrogen) atoms. The molecule has 1 saturated heterocycles. The third-order valence-electron chi connectivity index (χ3n) is 11.0. The Kier molecular flexibility index (Phi) is 16.4. The monoisotopic (exact) mass is 912 g/mol. The van der Waals surface area contributed by atoms with Crippen LogP contribution in [0.4, 0.5) is 5.95 Å². The van der Waals surface area contributed by atoms with E-state index in [9.17, 15) is 9.59 Å². The Morgan fingerprint density at radius 3 is 2.08 bits per heavy atom. The van der Waals surface area contributed by atoms with Crippen molar-refractivity contribution in [2.75, 3.05) is 53.0 Å². The number of esters is 1. The van der Waals surface area contributed by atoms with Crippen molar-refractivity contribution in [1.29, 1.82) is 0 Å². The molecule has 348 valence electrons. The topological polar surface area (TPSA) is 184 Å². The van der Waals surface area contributed by atoms with Gasteiger partial charge in [-0.25, -0.2) is 4.98 Å². The maximum Gasteiger partial charge on any atom is 0.314 e. The van der Waals surface area contributed by atoms with Gasteiger partial charge in [0, 0.05) is 25.6 Å². The average molecular weight is 913 g/mol. The number of carbonyl (C=O) groups excluding carboxylic acids is 1. The fraction of sp³-hybridized carbons (Fsp3) is 0.458. The summed E-state index contributed by atoms with van der Waals surface area (Å²) >= 11 is 0. The van der Waals surface area contributed by atoms with Crippen molar-refractivity contribution >= 4 is 31.4 Å². The quantitative estimate of drug-likeness (QED) is 0.0243. The molecule has 3 N–H and O–H groups in total. The minimum absolute atomic E-state index is 0.0549. The van der Waals surface area contributed by atoms with E-state index in [0.717, 1.165) is 16.7 Å². The van der Waals surface area contributed by atoms with E-state index in [1.807, 2.05) is 78.9 Å². The molecule has 6 rings (SSSR count). The minimum atomic E-state index is -1.77. The van der Waals surface area contributed by atoms with E-state index in [0.29, 0.717) is 11.5 Å². The second-order valence-electron chi connectivity index (χ2n) is 16.7. The standard InChI is InChI=1S/C48H61N6O10P/c1-11-25-47(6,7)63-39(55)29-65(54(31(2)3)32(4)5)64-41-38(62-45(42(41)60-27-26-57-8)53-30-50-40-43(53)51-46(49)52-44(40)56)28-61-48(33-15-13-12-14-16-33,34-17-21-36(58-9)22-18-34)35-19-23-37(59-10)24-20-35/h1,12-24,30-32,38,41-42,45H,25-29H2,2-10H3,(H3,49,51,52,56)/t38-,41?,42+,45-,65?/m1/s1. The fourth-order valence-electron chi connectivity index (χ4n) is 8.21. The van der Waals surface area contributed by atoms with Crippen molar-refractivity contribution in [3.63, 3.8) is 0 Å². The van der Waals surface area contributed by atoms with Crippen LogP contribution in [0.5, 0.6) is 11.5 Å². The van der Waals surface area contributed by atoms with Crippen LogP contribution in [-0.2, 0) is 38.6 Å². The number of methoxy groups -OCH3 is 3. The van der Waals surface area contributed by atoms with Gasteiger partial charge >= 0.3 is 5.97 Å². The average Bonchev–Trinajstić information content (AvgIpc) is 3.85. The molecule has 1 fully saturated rings.